The number of hydrogen-bond donors (Lipinski definition) is 4. The van der Waals surface area contributed by atoms with Gasteiger partial charge in [0.1, 0.15) is 11.4 Å². The van der Waals surface area contributed by atoms with E-state index in [9.17, 15) is 24.0 Å². The number of hydrogen-bond acceptors (Lipinski definition) is 7. The zero-order chi connectivity index (χ0) is 33.4. The molecule has 1 aliphatic carbocycles. The average molecular weight is 671 g/mol. The van der Waals surface area contributed by atoms with Gasteiger partial charge in [0.25, 0.3) is 5.91 Å². The average Bonchev–Trinajstić information content (AvgIpc) is 3.75. The Kier molecular flexibility index (Phi) is 12.1. The van der Waals surface area contributed by atoms with E-state index in [1.54, 1.807) is 6.07 Å². The molecule has 4 N–H and O–H groups in total. The third-order valence-electron chi connectivity index (χ3n) is 8.27. The number of ketones is 1. The SMILES string of the molecule is CC(C)C[C@H](SNC(=O)O[C@H](c1ccccc1)C(C)(C)c1cccc(Cl)c1)C(=O)N[C@@H](C[C@@H]1CCNC1=O)C(=O)C(=O)NC1CC1. The lowest BCUT2D eigenvalue weighted by Gasteiger charge is -2.35. The summed E-state index contributed by atoms with van der Waals surface area (Å²) in [5.41, 5.74) is 0.985. The van der Waals surface area contributed by atoms with Crippen LogP contribution in [0.15, 0.2) is 54.6 Å². The van der Waals surface area contributed by atoms with E-state index in [2.05, 4.69) is 20.7 Å². The molecule has 0 unspecified atom stereocenters. The molecule has 1 saturated heterocycles. The number of ether oxygens (including phenoxy) is 1. The number of rotatable bonds is 15. The second kappa shape index (κ2) is 15.8. The molecule has 248 valence electrons. The highest BCUT2D eigenvalue weighted by molar-refractivity contribution is 7.99. The maximum Gasteiger partial charge on any atom is 0.417 e. The fourth-order valence-corrected chi connectivity index (χ4v) is 6.61. The summed E-state index contributed by atoms with van der Waals surface area (Å²) in [6.07, 6.45) is 1.06. The number of carbonyl (C=O) groups is 5. The molecule has 4 rings (SSSR count). The van der Waals surface area contributed by atoms with Crippen LogP contribution in [0.25, 0.3) is 0 Å². The van der Waals surface area contributed by atoms with Crippen LogP contribution in [-0.4, -0.2) is 53.5 Å². The lowest BCUT2D eigenvalue weighted by Crippen LogP contribution is -2.51. The predicted octanol–water partition coefficient (Wildman–Crippen LogP) is 5.01. The molecular weight excluding hydrogens is 628 g/mol. The fraction of sp³-hybridized carbons (Fsp3) is 0.500. The molecule has 1 heterocycles. The second-order valence-electron chi connectivity index (χ2n) is 13.0. The van der Waals surface area contributed by atoms with E-state index in [1.165, 1.54) is 0 Å². The second-order valence-corrected chi connectivity index (χ2v) is 14.4. The Labute approximate surface area is 279 Å². The van der Waals surface area contributed by atoms with Gasteiger partial charge in [0, 0.05) is 28.9 Å². The first-order valence-corrected chi connectivity index (χ1v) is 17.0. The molecule has 46 heavy (non-hydrogen) atoms. The third-order valence-corrected chi connectivity index (χ3v) is 9.48. The van der Waals surface area contributed by atoms with Crippen molar-refractivity contribution in [3.63, 3.8) is 0 Å². The number of benzene rings is 2. The molecule has 2 aliphatic rings. The van der Waals surface area contributed by atoms with Gasteiger partial charge in [-0.15, -0.1) is 0 Å². The fourth-order valence-electron chi connectivity index (χ4n) is 5.48. The molecule has 0 bridgehead atoms. The highest BCUT2D eigenvalue weighted by Crippen LogP contribution is 2.40. The van der Waals surface area contributed by atoms with Crippen molar-refractivity contribution in [2.24, 2.45) is 11.8 Å². The zero-order valence-corrected chi connectivity index (χ0v) is 28.2. The van der Waals surface area contributed by atoms with Gasteiger partial charge < -0.3 is 20.7 Å². The maximum absolute atomic E-state index is 13.6. The van der Waals surface area contributed by atoms with Crippen molar-refractivity contribution >= 4 is 53.1 Å². The van der Waals surface area contributed by atoms with Gasteiger partial charge in [0.2, 0.25) is 17.6 Å². The van der Waals surface area contributed by atoms with Crippen molar-refractivity contribution in [3.05, 3.63) is 70.7 Å². The monoisotopic (exact) mass is 670 g/mol. The quantitative estimate of drug-likeness (QED) is 0.154. The molecule has 1 aliphatic heterocycles. The molecule has 2 fully saturated rings. The Bertz CT molecular complexity index is 1420. The van der Waals surface area contributed by atoms with E-state index >= 15 is 0 Å². The van der Waals surface area contributed by atoms with Gasteiger partial charge in [-0.2, -0.15) is 0 Å². The van der Waals surface area contributed by atoms with E-state index in [0.29, 0.717) is 24.4 Å². The largest absolute Gasteiger partial charge is 0.440 e. The Morgan fingerprint density at radius 2 is 1.76 bits per heavy atom. The first-order chi connectivity index (χ1) is 21.8. The molecule has 4 amide bonds. The maximum atomic E-state index is 13.6. The van der Waals surface area contributed by atoms with E-state index < -0.39 is 52.4 Å². The van der Waals surface area contributed by atoms with Crippen LogP contribution >= 0.6 is 23.5 Å². The number of Topliss-reactive ketones (excluding diaryl/α,β-unsaturated/α-hetero) is 1. The van der Waals surface area contributed by atoms with Gasteiger partial charge in [-0.05, 0) is 73.2 Å². The lowest BCUT2D eigenvalue weighted by molar-refractivity contribution is -0.140. The van der Waals surface area contributed by atoms with Crippen LogP contribution < -0.4 is 20.7 Å². The first-order valence-electron chi connectivity index (χ1n) is 15.7. The van der Waals surface area contributed by atoms with Crippen molar-refractivity contribution < 1.29 is 28.7 Å². The topological polar surface area (TPSA) is 143 Å². The Hall–Kier alpha value is -3.57. The summed E-state index contributed by atoms with van der Waals surface area (Å²) in [4.78, 5) is 65.1. The van der Waals surface area contributed by atoms with Gasteiger partial charge in [0.15, 0.2) is 0 Å². The molecule has 1 saturated carbocycles. The van der Waals surface area contributed by atoms with Crippen molar-refractivity contribution in [2.75, 3.05) is 6.54 Å². The Morgan fingerprint density at radius 3 is 2.37 bits per heavy atom. The van der Waals surface area contributed by atoms with Crippen molar-refractivity contribution in [1.82, 2.24) is 20.7 Å². The van der Waals surface area contributed by atoms with Gasteiger partial charge in [-0.1, -0.05) is 81.8 Å². The molecule has 2 aromatic carbocycles. The van der Waals surface area contributed by atoms with Crippen molar-refractivity contribution in [2.45, 2.75) is 88.7 Å². The summed E-state index contributed by atoms with van der Waals surface area (Å²) in [7, 11) is 0. The summed E-state index contributed by atoms with van der Waals surface area (Å²) < 4.78 is 8.71. The zero-order valence-electron chi connectivity index (χ0n) is 26.6. The van der Waals surface area contributed by atoms with Crippen LogP contribution in [0, 0.1) is 11.8 Å². The molecule has 4 atom stereocenters. The van der Waals surface area contributed by atoms with Crippen LogP contribution in [-0.2, 0) is 29.3 Å². The highest BCUT2D eigenvalue weighted by atomic mass is 35.5. The van der Waals surface area contributed by atoms with Gasteiger partial charge >= 0.3 is 6.09 Å². The van der Waals surface area contributed by atoms with Gasteiger partial charge in [0.05, 0.1) is 6.04 Å². The van der Waals surface area contributed by atoms with Gasteiger partial charge in [-0.3, -0.25) is 23.9 Å². The summed E-state index contributed by atoms with van der Waals surface area (Å²) in [6.45, 7) is 8.28. The van der Waals surface area contributed by atoms with Crippen LogP contribution in [0.2, 0.25) is 5.02 Å². The summed E-state index contributed by atoms with van der Waals surface area (Å²) >= 11 is 7.18. The van der Waals surface area contributed by atoms with Crippen LogP contribution in [0.5, 0.6) is 0 Å². The van der Waals surface area contributed by atoms with E-state index in [0.717, 1.165) is 35.9 Å². The minimum atomic E-state index is -1.18. The molecule has 0 spiro atoms. The first kappa shape index (κ1) is 35.3. The lowest BCUT2D eigenvalue weighted by atomic mass is 9.76. The highest BCUT2D eigenvalue weighted by Gasteiger charge is 2.38. The molecular formula is C34H43ClN4O6S. The standard InChI is InChI=1S/C34H43ClN4O6S/c1-20(2)17-27(31(42)38-26(18-22-15-16-36-30(22)41)28(40)32(43)37-25-13-14-25)46-39-33(44)45-29(21-9-6-5-7-10-21)34(3,4)23-11-8-12-24(35)19-23/h5-12,19-20,22,25-27,29H,13-18H2,1-4H3,(H,36,41)(H,37,43)(H,38,42)(H,39,44)/t22-,26-,27-,29+/m0/s1. The molecule has 0 aromatic heterocycles. The molecule has 2 aromatic rings. The number of amides is 4. The minimum Gasteiger partial charge on any atom is -0.440 e. The normalized spacial score (nSPS) is 18.2. The summed E-state index contributed by atoms with van der Waals surface area (Å²) in [5.74, 6) is -2.71. The Balaban J connectivity index is 1.47. The van der Waals surface area contributed by atoms with Crippen LogP contribution in [0.4, 0.5) is 4.79 Å². The predicted molar refractivity (Wildman–Crippen MR) is 178 cm³/mol. The summed E-state index contributed by atoms with van der Waals surface area (Å²) in [6, 6.07) is 15.6. The van der Waals surface area contributed by atoms with Crippen LogP contribution in [0.3, 0.4) is 0 Å². The number of carbonyl (C=O) groups excluding carboxylic acids is 5. The smallest absolute Gasteiger partial charge is 0.417 e. The van der Waals surface area contributed by atoms with Crippen LogP contribution in [0.1, 0.15) is 77.0 Å². The van der Waals surface area contributed by atoms with Crippen molar-refractivity contribution in [1.29, 1.82) is 0 Å². The van der Waals surface area contributed by atoms with Crippen molar-refractivity contribution in [3.8, 4) is 0 Å². The minimum absolute atomic E-state index is 0.0143. The Morgan fingerprint density at radius 1 is 1.04 bits per heavy atom. The molecule has 0 radical (unpaired) electrons. The number of nitrogens with one attached hydrogen (secondary N) is 4. The molecule has 10 nitrogen and oxygen atoms in total. The van der Waals surface area contributed by atoms with E-state index in [4.69, 9.17) is 16.3 Å². The number of halogens is 1. The van der Waals surface area contributed by atoms with Gasteiger partial charge in [-0.25, -0.2) is 4.79 Å². The van der Waals surface area contributed by atoms with E-state index in [-0.39, 0.29) is 24.3 Å². The third kappa shape index (κ3) is 9.72. The van der Waals surface area contributed by atoms with E-state index in [1.807, 2.05) is 76.2 Å². The summed E-state index contributed by atoms with van der Waals surface area (Å²) in [5, 5.41) is 7.91. The molecule has 12 heteroatoms.